The summed E-state index contributed by atoms with van der Waals surface area (Å²) in [6.45, 7) is 0. The van der Waals surface area contributed by atoms with Crippen LogP contribution < -0.4 is 5.56 Å². The number of carboxylic acid groups (broad SMARTS) is 1. The van der Waals surface area contributed by atoms with E-state index in [1.54, 1.807) is 0 Å². The van der Waals surface area contributed by atoms with E-state index in [2.05, 4.69) is 0 Å². The Hall–Kier alpha value is -1.52. The molecule has 0 saturated carbocycles. The molecule has 0 radical (unpaired) electrons. The van der Waals surface area contributed by atoms with E-state index >= 15 is 0 Å². The zero-order valence-corrected chi connectivity index (χ0v) is 10.2. The lowest BCUT2D eigenvalue weighted by atomic mass is 10.1. The summed E-state index contributed by atoms with van der Waals surface area (Å²) < 4.78 is 1.27. The monoisotopic (exact) mass is 271 g/mol. The highest BCUT2D eigenvalue weighted by Gasteiger charge is 2.15. The van der Waals surface area contributed by atoms with Gasteiger partial charge in [-0.25, -0.2) is 4.79 Å². The first-order valence-corrected chi connectivity index (χ1v) is 5.40. The van der Waals surface area contributed by atoms with Gasteiger partial charge >= 0.3 is 5.97 Å². The van der Waals surface area contributed by atoms with Gasteiger partial charge in [0.25, 0.3) is 5.56 Å². The Labute approximate surface area is 106 Å². The average molecular weight is 272 g/mol. The first kappa shape index (κ1) is 12.0. The van der Waals surface area contributed by atoms with Crippen LogP contribution in [0.1, 0.15) is 10.4 Å². The second-order valence-corrected chi connectivity index (χ2v) is 4.30. The van der Waals surface area contributed by atoms with Crippen LogP contribution in [0.2, 0.25) is 10.0 Å². The molecule has 2 rings (SSSR count). The number of carbonyl (C=O) groups is 1. The van der Waals surface area contributed by atoms with E-state index in [0.29, 0.717) is 10.9 Å². The number of nitrogens with zero attached hydrogens (tertiary/aromatic N) is 1. The SMILES string of the molecule is Cn1c(=O)cc(C(=O)O)c2ccc(Cl)c(Cl)c21. The molecule has 1 N–H and O–H groups in total. The molecule has 88 valence electrons. The molecule has 17 heavy (non-hydrogen) atoms. The minimum atomic E-state index is -1.17. The quantitative estimate of drug-likeness (QED) is 0.867. The largest absolute Gasteiger partial charge is 0.478 e. The third kappa shape index (κ3) is 1.79. The van der Waals surface area contributed by atoms with Crippen molar-refractivity contribution in [3.8, 4) is 0 Å². The minimum absolute atomic E-state index is 0.0818. The van der Waals surface area contributed by atoms with Crippen LogP contribution in [0.15, 0.2) is 23.0 Å². The fourth-order valence-corrected chi connectivity index (χ4v) is 2.11. The molecule has 0 fully saturated rings. The lowest BCUT2D eigenvalue weighted by Gasteiger charge is -2.09. The van der Waals surface area contributed by atoms with Crippen LogP contribution in [-0.2, 0) is 7.05 Å². The van der Waals surface area contributed by atoms with Gasteiger partial charge in [-0.15, -0.1) is 0 Å². The third-order valence-corrected chi connectivity index (χ3v) is 3.32. The summed E-state index contributed by atoms with van der Waals surface area (Å²) >= 11 is 11.8. The van der Waals surface area contributed by atoms with Gasteiger partial charge in [0.1, 0.15) is 0 Å². The Morgan fingerprint density at radius 3 is 2.59 bits per heavy atom. The maximum absolute atomic E-state index is 11.6. The molecule has 1 aromatic carbocycles. The first-order valence-electron chi connectivity index (χ1n) is 4.64. The van der Waals surface area contributed by atoms with Crippen molar-refractivity contribution in [3.05, 3.63) is 44.2 Å². The van der Waals surface area contributed by atoms with Gasteiger partial charge in [0.05, 0.1) is 21.1 Å². The lowest BCUT2D eigenvalue weighted by Crippen LogP contribution is -2.19. The maximum atomic E-state index is 11.6. The second kappa shape index (κ2) is 4.05. The summed E-state index contributed by atoms with van der Waals surface area (Å²) in [5.74, 6) is -1.17. The smallest absolute Gasteiger partial charge is 0.336 e. The number of benzene rings is 1. The molecule has 4 nitrogen and oxygen atoms in total. The highest BCUT2D eigenvalue weighted by molar-refractivity contribution is 6.45. The number of aryl methyl sites for hydroxylation is 1. The van der Waals surface area contributed by atoms with Crippen LogP contribution in [0.4, 0.5) is 0 Å². The van der Waals surface area contributed by atoms with Gasteiger partial charge < -0.3 is 9.67 Å². The molecular weight excluding hydrogens is 265 g/mol. The Balaban J connectivity index is 3.09. The van der Waals surface area contributed by atoms with Crippen molar-refractivity contribution in [2.24, 2.45) is 7.05 Å². The lowest BCUT2D eigenvalue weighted by molar-refractivity contribution is 0.0699. The van der Waals surface area contributed by atoms with E-state index in [0.717, 1.165) is 6.07 Å². The number of aromatic nitrogens is 1. The maximum Gasteiger partial charge on any atom is 0.336 e. The zero-order chi connectivity index (χ0) is 12.7. The molecule has 1 aromatic heterocycles. The van der Waals surface area contributed by atoms with Gasteiger partial charge in [0.2, 0.25) is 0 Å². The zero-order valence-electron chi connectivity index (χ0n) is 8.70. The Morgan fingerprint density at radius 1 is 1.35 bits per heavy atom. The first-order chi connectivity index (χ1) is 7.93. The number of hydrogen-bond acceptors (Lipinski definition) is 2. The molecule has 0 atom stereocenters. The number of rotatable bonds is 1. The molecule has 0 amide bonds. The van der Waals surface area contributed by atoms with Crippen molar-refractivity contribution in [3.63, 3.8) is 0 Å². The van der Waals surface area contributed by atoms with E-state index in [9.17, 15) is 9.59 Å². The number of carboxylic acids is 1. The van der Waals surface area contributed by atoms with Crippen molar-refractivity contribution < 1.29 is 9.90 Å². The molecule has 0 aliphatic carbocycles. The van der Waals surface area contributed by atoms with Crippen molar-refractivity contribution in [1.82, 2.24) is 4.57 Å². The molecule has 6 heteroatoms. The highest BCUT2D eigenvalue weighted by atomic mass is 35.5. The predicted molar refractivity (Wildman–Crippen MR) is 66.2 cm³/mol. The van der Waals surface area contributed by atoms with E-state index < -0.39 is 11.5 Å². The van der Waals surface area contributed by atoms with Crippen LogP contribution in [0.25, 0.3) is 10.9 Å². The minimum Gasteiger partial charge on any atom is -0.478 e. The van der Waals surface area contributed by atoms with E-state index in [-0.39, 0.29) is 15.6 Å². The van der Waals surface area contributed by atoms with Gasteiger partial charge in [0, 0.05) is 18.5 Å². The highest BCUT2D eigenvalue weighted by Crippen LogP contribution is 2.31. The Bertz CT molecular complexity index is 691. The van der Waals surface area contributed by atoms with Crippen molar-refractivity contribution in [2.45, 2.75) is 0 Å². The summed E-state index contributed by atoms with van der Waals surface area (Å²) in [4.78, 5) is 22.7. The number of pyridine rings is 1. The van der Waals surface area contributed by atoms with E-state index in [1.165, 1.54) is 23.7 Å². The number of aromatic carboxylic acids is 1. The van der Waals surface area contributed by atoms with Crippen molar-refractivity contribution >= 4 is 40.1 Å². The van der Waals surface area contributed by atoms with E-state index in [1.807, 2.05) is 0 Å². The van der Waals surface area contributed by atoms with Gasteiger partial charge in [-0.1, -0.05) is 29.3 Å². The molecule has 1 heterocycles. The Morgan fingerprint density at radius 2 is 2.00 bits per heavy atom. The summed E-state index contributed by atoms with van der Waals surface area (Å²) in [6, 6.07) is 4.10. The van der Waals surface area contributed by atoms with Crippen molar-refractivity contribution in [2.75, 3.05) is 0 Å². The fraction of sp³-hybridized carbons (Fsp3) is 0.0909. The van der Waals surface area contributed by atoms with Crippen LogP contribution in [-0.4, -0.2) is 15.6 Å². The summed E-state index contributed by atoms with van der Waals surface area (Å²) in [6.07, 6.45) is 0. The van der Waals surface area contributed by atoms with Crippen LogP contribution in [0, 0.1) is 0 Å². The summed E-state index contributed by atoms with van der Waals surface area (Å²) in [5.41, 5.74) is -0.204. The van der Waals surface area contributed by atoms with Gasteiger partial charge in [-0.2, -0.15) is 0 Å². The molecule has 0 spiro atoms. The molecular formula is C11H7Cl2NO3. The van der Waals surface area contributed by atoms with Crippen LogP contribution in [0.3, 0.4) is 0 Å². The predicted octanol–water partition coefficient (Wildman–Crippen LogP) is 2.54. The molecule has 2 aromatic rings. The van der Waals surface area contributed by atoms with Gasteiger partial charge in [-0.3, -0.25) is 4.79 Å². The van der Waals surface area contributed by atoms with Crippen molar-refractivity contribution in [1.29, 1.82) is 0 Å². The van der Waals surface area contributed by atoms with Gasteiger partial charge in [0.15, 0.2) is 0 Å². The van der Waals surface area contributed by atoms with Crippen LogP contribution >= 0.6 is 23.2 Å². The molecule has 0 aliphatic rings. The third-order valence-electron chi connectivity index (χ3n) is 2.52. The topological polar surface area (TPSA) is 59.3 Å². The fourth-order valence-electron chi connectivity index (χ4n) is 1.67. The van der Waals surface area contributed by atoms with Crippen LogP contribution in [0.5, 0.6) is 0 Å². The number of halogens is 2. The normalized spacial score (nSPS) is 10.8. The standard InChI is InChI=1S/C11H7Cl2NO3/c1-14-8(15)4-6(11(16)17)5-2-3-7(12)9(13)10(5)14/h2-4H,1H3,(H,16,17). The second-order valence-electron chi connectivity index (χ2n) is 3.52. The number of fused-ring (bicyclic) bond motifs is 1. The van der Waals surface area contributed by atoms with E-state index in [4.69, 9.17) is 28.3 Å². The molecule has 0 aliphatic heterocycles. The molecule has 0 unspecified atom stereocenters. The summed E-state index contributed by atoms with van der Waals surface area (Å²) in [7, 11) is 1.51. The molecule has 0 bridgehead atoms. The van der Waals surface area contributed by atoms with Gasteiger partial charge in [-0.05, 0) is 6.07 Å². The summed E-state index contributed by atoms with van der Waals surface area (Å²) in [5, 5.41) is 9.87. The Kier molecular flexibility index (Phi) is 2.85. The average Bonchev–Trinajstić information content (AvgIpc) is 2.27. The molecule has 0 saturated heterocycles. The number of hydrogen-bond donors (Lipinski definition) is 1.